The summed E-state index contributed by atoms with van der Waals surface area (Å²) in [6, 6.07) is 11.9. The van der Waals surface area contributed by atoms with Crippen LogP contribution in [0.3, 0.4) is 0 Å². The maximum absolute atomic E-state index is 13.3. The molecule has 1 aliphatic carbocycles. The van der Waals surface area contributed by atoms with Crippen LogP contribution in [-0.4, -0.2) is 31.3 Å². The van der Waals surface area contributed by atoms with Crippen LogP contribution in [0.15, 0.2) is 46.8 Å². The van der Waals surface area contributed by atoms with Gasteiger partial charge in [-0.1, -0.05) is 29.5 Å². The van der Waals surface area contributed by atoms with Crippen molar-refractivity contribution in [3.63, 3.8) is 0 Å². The fraction of sp³-hybridized carbons (Fsp3) is 0.286. The van der Waals surface area contributed by atoms with Gasteiger partial charge in [0.15, 0.2) is 9.34 Å². The van der Waals surface area contributed by atoms with Gasteiger partial charge >= 0.3 is 0 Å². The number of nitrogens with two attached hydrogens (primary N) is 1. The van der Waals surface area contributed by atoms with Crippen LogP contribution in [0.5, 0.6) is 0 Å². The molecule has 0 aliphatic heterocycles. The lowest BCUT2D eigenvalue weighted by molar-refractivity contribution is -0.120. The van der Waals surface area contributed by atoms with Crippen molar-refractivity contribution < 1.29 is 13.2 Å². The summed E-state index contributed by atoms with van der Waals surface area (Å²) >= 11 is 0.921. The second kappa shape index (κ2) is 7.90. The van der Waals surface area contributed by atoms with E-state index >= 15 is 0 Å². The lowest BCUT2D eigenvalue weighted by Gasteiger charge is -2.28. The molecule has 1 unspecified atom stereocenters. The van der Waals surface area contributed by atoms with E-state index in [2.05, 4.69) is 16.0 Å². The van der Waals surface area contributed by atoms with E-state index in [1.165, 1.54) is 4.90 Å². The van der Waals surface area contributed by atoms with Gasteiger partial charge in [0.2, 0.25) is 15.9 Å². The standard InChI is InChI=1S/C21H22N4O3S2/c1-13-20(30(22,27)28)29-21(24-13)25(2)19(26)17-7-5-6-14-12-15(9-10-16(14)17)18-8-3-4-11-23-18/h3-4,8-12,17H,5-7H2,1-2H3,(H2,22,27,28). The van der Waals surface area contributed by atoms with Crippen molar-refractivity contribution >= 4 is 32.4 Å². The van der Waals surface area contributed by atoms with Crippen LogP contribution in [0.4, 0.5) is 5.13 Å². The maximum Gasteiger partial charge on any atom is 0.249 e. The predicted octanol–water partition coefficient (Wildman–Crippen LogP) is 3.24. The predicted molar refractivity (Wildman–Crippen MR) is 117 cm³/mol. The summed E-state index contributed by atoms with van der Waals surface area (Å²) in [5.74, 6) is -0.394. The smallest absolute Gasteiger partial charge is 0.249 e. The quantitative estimate of drug-likeness (QED) is 0.668. The van der Waals surface area contributed by atoms with Crippen LogP contribution in [0.25, 0.3) is 11.3 Å². The van der Waals surface area contributed by atoms with Crippen LogP contribution in [0.1, 0.15) is 35.6 Å². The van der Waals surface area contributed by atoms with Crippen molar-refractivity contribution in [1.29, 1.82) is 0 Å². The molecule has 1 atom stereocenters. The number of pyridine rings is 1. The number of primary sulfonamides is 1. The summed E-state index contributed by atoms with van der Waals surface area (Å²) in [4.78, 5) is 23.4. The van der Waals surface area contributed by atoms with Crippen molar-refractivity contribution in [3.05, 3.63) is 59.4 Å². The first kappa shape index (κ1) is 20.6. The SMILES string of the molecule is Cc1nc(N(C)C(=O)C2CCCc3cc(-c4ccccn4)ccc32)sc1S(N)(=O)=O. The minimum atomic E-state index is -3.86. The molecule has 2 aromatic heterocycles. The number of benzene rings is 1. The lowest BCUT2D eigenvalue weighted by atomic mass is 9.81. The van der Waals surface area contributed by atoms with E-state index in [1.54, 1.807) is 20.2 Å². The number of anilines is 1. The van der Waals surface area contributed by atoms with Crippen LogP contribution in [0.2, 0.25) is 0 Å². The number of aryl methyl sites for hydroxylation is 2. The van der Waals surface area contributed by atoms with Gasteiger partial charge in [-0.25, -0.2) is 18.5 Å². The van der Waals surface area contributed by atoms with Crippen LogP contribution in [-0.2, 0) is 21.2 Å². The Morgan fingerprint density at radius 2 is 2.07 bits per heavy atom. The fourth-order valence-corrected chi connectivity index (χ4v) is 5.78. The van der Waals surface area contributed by atoms with Gasteiger partial charge in [0.05, 0.1) is 17.3 Å². The Hall–Kier alpha value is -2.62. The van der Waals surface area contributed by atoms with Gasteiger partial charge in [0.1, 0.15) is 0 Å². The summed E-state index contributed by atoms with van der Waals surface area (Å²) in [6.45, 7) is 1.58. The molecule has 0 saturated carbocycles. The lowest BCUT2D eigenvalue weighted by Crippen LogP contribution is -2.33. The van der Waals surface area contributed by atoms with E-state index in [0.717, 1.165) is 53.0 Å². The van der Waals surface area contributed by atoms with Gasteiger partial charge in [-0.2, -0.15) is 0 Å². The van der Waals surface area contributed by atoms with E-state index < -0.39 is 10.0 Å². The zero-order valence-corrected chi connectivity index (χ0v) is 18.3. The van der Waals surface area contributed by atoms with Crippen LogP contribution >= 0.6 is 11.3 Å². The average Bonchev–Trinajstić information content (AvgIpc) is 3.14. The zero-order valence-electron chi connectivity index (χ0n) is 16.7. The van der Waals surface area contributed by atoms with Gasteiger partial charge in [-0.05, 0) is 55.5 Å². The maximum atomic E-state index is 13.3. The molecule has 156 valence electrons. The number of amides is 1. The molecule has 4 rings (SSSR count). The highest BCUT2D eigenvalue weighted by atomic mass is 32.2. The van der Waals surface area contributed by atoms with Crippen molar-refractivity contribution in [3.8, 4) is 11.3 Å². The molecule has 0 radical (unpaired) electrons. The summed E-state index contributed by atoms with van der Waals surface area (Å²) in [5.41, 5.74) is 4.40. The van der Waals surface area contributed by atoms with E-state index in [4.69, 9.17) is 5.14 Å². The molecule has 30 heavy (non-hydrogen) atoms. The number of fused-ring (bicyclic) bond motifs is 1. The molecule has 1 aromatic carbocycles. The second-order valence-corrected chi connectivity index (χ2v) is 10.1. The Kier molecular flexibility index (Phi) is 5.44. The fourth-order valence-electron chi connectivity index (χ4n) is 3.87. The van der Waals surface area contributed by atoms with Gasteiger partial charge < -0.3 is 0 Å². The zero-order chi connectivity index (χ0) is 21.5. The molecular weight excluding hydrogens is 420 g/mol. The highest BCUT2D eigenvalue weighted by Gasteiger charge is 2.31. The number of hydrogen-bond donors (Lipinski definition) is 1. The molecule has 7 nitrogen and oxygen atoms in total. The summed E-state index contributed by atoms with van der Waals surface area (Å²) < 4.78 is 23.4. The number of rotatable bonds is 4. The Labute approximate surface area is 179 Å². The normalized spacial score (nSPS) is 16.2. The molecule has 2 N–H and O–H groups in total. The monoisotopic (exact) mass is 442 g/mol. The van der Waals surface area contributed by atoms with E-state index in [9.17, 15) is 13.2 Å². The summed E-state index contributed by atoms with van der Waals surface area (Å²) in [7, 11) is -2.24. The molecule has 1 aliphatic rings. The number of sulfonamides is 1. The average molecular weight is 443 g/mol. The Bertz CT molecular complexity index is 1210. The second-order valence-electron chi connectivity index (χ2n) is 7.38. The van der Waals surface area contributed by atoms with Crippen LogP contribution < -0.4 is 10.0 Å². The third kappa shape index (κ3) is 3.88. The van der Waals surface area contributed by atoms with E-state index in [-0.39, 0.29) is 16.0 Å². The molecule has 2 heterocycles. The highest BCUT2D eigenvalue weighted by molar-refractivity contribution is 7.91. The molecule has 0 spiro atoms. The van der Waals surface area contributed by atoms with E-state index in [1.807, 2.05) is 30.3 Å². The third-order valence-electron chi connectivity index (χ3n) is 5.33. The third-order valence-corrected chi connectivity index (χ3v) is 8.12. The van der Waals surface area contributed by atoms with Crippen molar-refractivity contribution in [2.75, 3.05) is 11.9 Å². The molecular formula is C21H22N4O3S2. The first-order chi connectivity index (χ1) is 14.3. The Balaban J connectivity index is 1.64. The van der Waals surface area contributed by atoms with Crippen molar-refractivity contribution in [2.24, 2.45) is 5.14 Å². The summed E-state index contributed by atoms with van der Waals surface area (Å²) in [5, 5.41) is 5.58. The minimum absolute atomic E-state index is 0.0128. The van der Waals surface area contributed by atoms with Gasteiger partial charge in [0.25, 0.3) is 0 Å². The van der Waals surface area contributed by atoms with Crippen LogP contribution in [0, 0.1) is 6.92 Å². The molecule has 0 bridgehead atoms. The van der Waals surface area contributed by atoms with Gasteiger partial charge in [0, 0.05) is 18.8 Å². The molecule has 9 heteroatoms. The molecule has 0 saturated heterocycles. The number of aromatic nitrogens is 2. The number of nitrogens with zero attached hydrogens (tertiary/aromatic N) is 3. The van der Waals surface area contributed by atoms with Crippen molar-refractivity contribution in [2.45, 2.75) is 36.3 Å². The molecule has 0 fully saturated rings. The van der Waals surface area contributed by atoms with Gasteiger partial charge in [-0.15, -0.1) is 0 Å². The number of hydrogen-bond acceptors (Lipinski definition) is 6. The van der Waals surface area contributed by atoms with E-state index in [0.29, 0.717) is 10.8 Å². The molecule has 3 aromatic rings. The van der Waals surface area contributed by atoms with Gasteiger partial charge in [-0.3, -0.25) is 14.7 Å². The summed E-state index contributed by atoms with van der Waals surface area (Å²) in [6.07, 6.45) is 4.32. The minimum Gasteiger partial charge on any atom is -0.291 e. The largest absolute Gasteiger partial charge is 0.291 e. The van der Waals surface area contributed by atoms with Crippen molar-refractivity contribution in [1.82, 2.24) is 9.97 Å². The number of carbonyl (C=O) groups excluding carboxylic acids is 1. The Morgan fingerprint density at radius 3 is 2.73 bits per heavy atom. The molecule has 1 amide bonds. The first-order valence-corrected chi connectivity index (χ1v) is 11.9. The highest BCUT2D eigenvalue weighted by Crippen LogP contribution is 2.37. The number of carbonyl (C=O) groups is 1. The Morgan fingerprint density at radius 1 is 1.27 bits per heavy atom. The first-order valence-electron chi connectivity index (χ1n) is 9.57. The number of likely N-dealkylation sites (N-methyl/N-ethyl adjacent to an activating group) is 1. The topological polar surface area (TPSA) is 106 Å². The number of thiazole rings is 1.